The van der Waals surface area contributed by atoms with Crippen molar-refractivity contribution in [2.24, 2.45) is 5.73 Å². The van der Waals surface area contributed by atoms with Crippen LogP contribution in [0.3, 0.4) is 0 Å². The highest BCUT2D eigenvalue weighted by atomic mass is 32.2. The summed E-state index contributed by atoms with van der Waals surface area (Å²) in [6, 6.07) is 1.30. The molecule has 1 aromatic rings. The van der Waals surface area contributed by atoms with Crippen molar-refractivity contribution in [1.82, 2.24) is 4.98 Å². The highest BCUT2D eigenvalue weighted by Crippen LogP contribution is 2.33. The molecule has 0 fully saturated rings. The quantitative estimate of drug-likeness (QED) is 0.798. The Labute approximate surface area is 99.5 Å². The number of anilines is 1. The van der Waals surface area contributed by atoms with Crippen LogP contribution in [0.15, 0.2) is 12.3 Å². The second kappa shape index (κ2) is 3.69. The van der Waals surface area contributed by atoms with Crippen molar-refractivity contribution in [3.8, 4) is 0 Å². The Morgan fingerprint density at radius 3 is 2.76 bits per heavy atom. The van der Waals surface area contributed by atoms with Gasteiger partial charge in [0.15, 0.2) is 0 Å². The number of sulfonamides is 1. The lowest BCUT2D eigenvalue weighted by Crippen LogP contribution is -2.34. The number of hydrogen-bond acceptors (Lipinski definition) is 4. The largest absolute Gasteiger partial charge is 0.366 e. The van der Waals surface area contributed by atoms with Crippen molar-refractivity contribution in [2.75, 3.05) is 10.6 Å². The molecule has 0 aliphatic carbocycles. The number of nitrogens with zero attached hydrogens (tertiary/aromatic N) is 2. The minimum atomic E-state index is -3.37. The molecule has 0 saturated carbocycles. The highest BCUT2D eigenvalue weighted by molar-refractivity contribution is 7.92. The Hall–Kier alpha value is -1.63. The van der Waals surface area contributed by atoms with Gasteiger partial charge in [-0.2, -0.15) is 0 Å². The van der Waals surface area contributed by atoms with Crippen LogP contribution in [0.25, 0.3) is 0 Å². The van der Waals surface area contributed by atoms with E-state index in [1.165, 1.54) is 16.6 Å². The predicted molar refractivity (Wildman–Crippen MR) is 63.2 cm³/mol. The first-order valence-electron chi connectivity index (χ1n) is 5.09. The van der Waals surface area contributed by atoms with Gasteiger partial charge in [0.2, 0.25) is 15.9 Å². The van der Waals surface area contributed by atoms with E-state index in [4.69, 9.17) is 5.73 Å². The zero-order valence-electron chi connectivity index (χ0n) is 9.54. The molecule has 0 radical (unpaired) electrons. The first kappa shape index (κ1) is 11.8. The van der Waals surface area contributed by atoms with E-state index in [0.717, 1.165) is 6.26 Å². The van der Waals surface area contributed by atoms with Gasteiger partial charge in [0, 0.05) is 18.7 Å². The summed E-state index contributed by atoms with van der Waals surface area (Å²) in [6.07, 6.45) is 3.05. The van der Waals surface area contributed by atoms with Gasteiger partial charge >= 0.3 is 0 Å². The fourth-order valence-electron chi connectivity index (χ4n) is 2.07. The molecule has 0 aromatic carbocycles. The van der Waals surface area contributed by atoms with Crippen LogP contribution in [0, 0.1) is 0 Å². The van der Waals surface area contributed by atoms with Gasteiger partial charge in [-0.05, 0) is 13.0 Å². The van der Waals surface area contributed by atoms with E-state index in [0.29, 0.717) is 17.8 Å². The second-order valence-electron chi connectivity index (χ2n) is 4.17. The average Bonchev–Trinajstić information content (AvgIpc) is 2.51. The zero-order chi connectivity index (χ0) is 12.8. The van der Waals surface area contributed by atoms with Crippen molar-refractivity contribution in [3.05, 3.63) is 23.5 Å². The van der Waals surface area contributed by atoms with Crippen LogP contribution >= 0.6 is 0 Å². The molecule has 92 valence electrons. The van der Waals surface area contributed by atoms with Gasteiger partial charge in [0.25, 0.3) is 0 Å². The monoisotopic (exact) mass is 255 g/mol. The molecule has 7 heteroatoms. The van der Waals surface area contributed by atoms with Crippen molar-refractivity contribution < 1.29 is 13.2 Å². The van der Waals surface area contributed by atoms with Crippen LogP contribution in [-0.2, 0) is 16.4 Å². The molecule has 2 rings (SSSR count). The smallest absolute Gasteiger partial charge is 0.250 e. The lowest BCUT2D eigenvalue weighted by atomic mass is 10.2. The molecule has 0 spiro atoms. The minimum absolute atomic E-state index is 0.185. The Morgan fingerprint density at radius 1 is 1.59 bits per heavy atom. The van der Waals surface area contributed by atoms with Crippen molar-refractivity contribution >= 4 is 21.6 Å². The van der Waals surface area contributed by atoms with E-state index in [1.54, 1.807) is 6.92 Å². The van der Waals surface area contributed by atoms with Crippen molar-refractivity contribution in [3.63, 3.8) is 0 Å². The van der Waals surface area contributed by atoms with Gasteiger partial charge in [-0.15, -0.1) is 0 Å². The van der Waals surface area contributed by atoms with Crippen LogP contribution in [0.1, 0.15) is 23.0 Å². The summed E-state index contributed by atoms with van der Waals surface area (Å²) in [7, 11) is -3.37. The predicted octanol–water partition coefficient (Wildman–Crippen LogP) is -0.109. The molecule has 1 amide bonds. The first-order chi connectivity index (χ1) is 7.80. The lowest BCUT2D eigenvalue weighted by molar-refractivity contribution is 0.1000. The number of carbonyl (C=O) groups excluding carboxylic acids is 1. The van der Waals surface area contributed by atoms with Crippen molar-refractivity contribution in [1.29, 1.82) is 0 Å². The van der Waals surface area contributed by atoms with Crippen LogP contribution < -0.4 is 10.0 Å². The van der Waals surface area contributed by atoms with E-state index in [-0.39, 0.29) is 11.6 Å². The fourth-order valence-corrected chi connectivity index (χ4v) is 3.31. The normalized spacial score (nSPS) is 19.2. The standard InChI is InChI=1S/C10H13N3O3S/c1-6-3-8-9(13(6)17(2,15)16)4-7(5-12-8)10(11)14/h4-6H,3H2,1-2H3,(H2,11,14). The van der Waals surface area contributed by atoms with E-state index >= 15 is 0 Å². The lowest BCUT2D eigenvalue weighted by Gasteiger charge is -2.21. The Kier molecular flexibility index (Phi) is 2.57. The second-order valence-corrected chi connectivity index (χ2v) is 6.03. The summed E-state index contributed by atoms with van der Waals surface area (Å²) in [5.74, 6) is -0.617. The first-order valence-corrected chi connectivity index (χ1v) is 6.93. The summed E-state index contributed by atoms with van der Waals surface area (Å²) in [4.78, 5) is 15.1. The molecule has 0 saturated heterocycles. The van der Waals surface area contributed by atoms with Gasteiger partial charge in [-0.3, -0.25) is 14.1 Å². The number of primary amides is 1. The van der Waals surface area contributed by atoms with E-state index in [9.17, 15) is 13.2 Å². The van der Waals surface area contributed by atoms with Crippen LogP contribution in [0.2, 0.25) is 0 Å². The van der Waals surface area contributed by atoms with Gasteiger partial charge in [-0.25, -0.2) is 8.42 Å². The third-order valence-corrected chi connectivity index (χ3v) is 3.99. The topological polar surface area (TPSA) is 93.4 Å². The van der Waals surface area contributed by atoms with E-state index < -0.39 is 15.9 Å². The number of carbonyl (C=O) groups is 1. The average molecular weight is 255 g/mol. The van der Waals surface area contributed by atoms with Gasteiger partial charge < -0.3 is 5.73 Å². The molecule has 1 aliphatic heterocycles. The van der Waals surface area contributed by atoms with E-state index in [2.05, 4.69) is 4.98 Å². The van der Waals surface area contributed by atoms with Gasteiger partial charge in [-0.1, -0.05) is 0 Å². The number of hydrogen-bond donors (Lipinski definition) is 1. The van der Waals surface area contributed by atoms with Gasteiger partial charge in [0.05, 0.1) is 23.2 Å². The minimum Gasteiger partial charge on any atom is -0.366 e. The molecule has 17 heavy (non-hydrogen) atoms. The number of fused-ring (bicyclic) bond motifs is 1. The van der Waals surface area contributed by atoms with Crippen LogP contribution in [-0.4, -0.2) is 31.6 Å². The van der Waals surface area contributed by atoms with Crippen LogP contribution in [0.4, 0.5) is 5.69 Å². The molecule has 2 heterocycles. The molecule has 0 bridgehead atoms. The number of nitrogens with two attached hydrogens (primary N) is 1. The Bertz CT molecular complexity index is 582. The Morgan fingerprint density at radius 2 is 2.24 bits per heavy atom. The van der Waals surface area contributed by atoms with Crippen molar-refractivity contribution in [2.45, 2.75) is 19.4 Å². The summed E-state index contributed by atoms with van der Waals surface area (Å²) in [6.45, 7) is 1.80. The third-order valence-electron chi connectivity index (χ3n) is 2.72. The summed E-state index contributed by atoms with van der Waals surface area (Å²) >= 11 is 0. The molecule has 6 nitrogen and oxygen atoms in total. The third kappa shape index (κ3) is 1.97. The zero-order valence-corrected chi connectivity index (χ0v) is 10.4. The maximum absolute atomic E-state index is 11.7. The van der Waals surface area contributed by atoms with Crippen LogP contribution in [0.5, 0.6) is 0 Å². The van der Waals surface area contributed by atoms with E-state index in [1.807, 2.05) is 0 Å². The molecule has 1 unspecified atom stereocenters. The number of rotatable bonds is 2. The molecular formula is C10H13N3O3S. The molecule has 1 atom stereocenters. The number of amides is 1. The summed E-state index contributed by atoms with van der Waals surface area (Å²) in [5.41, 5.74) is 6.49. The summed E-state index contributed by atoms with van der Waals surface area (Å²) < 4.78 is 24.6. The molecule has 1 aliphatic rings. The molecular weight excluding hydrogens is 242 g/mol. The fraction of sp³-hybridized carbons (Fsp3) is 0.400. The maximum atomic E-state index is 11.7. The number of aromatic nitrogens is 1. The van der Waals surface area contributed by atoms with Gasteiger partial charge in [0.1, 0.15) is 0 Å². The summed E-state index contributed by atoms with van der Waals surface area (Å²) in [5, 5.41) is 0. The Balaban J connectivity index is 2.58. The maximum Gasteiger partial charge on any atom is 0.250 e. The SMILES string of the molecule is CC1Cc2ncc(C(N)=O)cc2N1S(C)(=O)=O. The number of pyridine rings is 1. The molecule has 1 aromatic heterocycles. The molecule has 2 N–H and O–H groups in total. The highest BCUT2D eigenvalue weighted by Gasteiger charge is 2.33.